The first-order chi connectivity index (χ1) is 16.0. The number of nitrogens with zero attached hydrogens (tertiary/aromatic N) is 5. The molecule has 0 saturated heterocycles. The molecule has 1 aliphatic rings. The van der Waals surface area contributed by atoms with Crippen LogP contribution in [0.25, 0.3) is 5.78 Å². The van der Waals surface area contributed by atoms with Crippen molar-refractivity contribution in [3.05, 3.63) is 76.6 Å². The van der Waals surface area contributed by atoms with Crippen LogP contribution in [0.5, 0.6) is 11.5 Å². The zero-order chi connectivity index (χ0) is 22.9. The van der Waals surface area contributed by atoms with E-state index in [1.54, 1.807) is 16.5 Å². The van der Waals surface area contributed by atoms with Gasteiger partial charge in [-0.25, -0.2) is 9.50 Å². The molecule has 0 aliphatic carbocycles. The van der Waals surface area contributed by atoms with Gasteiger partial charge in [-0.2, -0.15) is 4.98 Å². The van der Waals surface area contributed by atoms with E-state index >= 15 is 0 Å². The van der Waals surface area contributed by atoms with Gasteiger partial charge in [-0.15, -0.1) is 5.10 Å². The summed E-state index contributed by atoms with van der Waals surface area (Å²) in [6.07, 6.45) is 0. The number of thioether (sulfide) groups is 1. The van der Waals surface area contributed by atoms with E-state index in [2.05, 4.69) is 15.1 Å². The van der Waals surface area contributed by atoms with Crippen molar-refractivity contribution < 1.29 is 14.3 Å². The molecule has 0 saturated carbocycles. The molecule has 0 atom stereocenters. The van der Waals surface area contributed by atoms with Crippen molar-refractivity contribution >= 4 is 23.4 Å². The van der Waals surface area contributed by atoms with Crippen molar-refractivity contribution in [1.82, 2.24) is 24.5 Å². The van der Waals surface area contributed by atoms with Gasteiger partial charge in [0.05, 0.1) is 0 Å². The Bertz CT molecular complexity index is 1350. The van der Waals surface area contributed by atoms with Crippen LogP contribution in [0.3, 0.4) is 0 Å². The number of amides is 1. The lowest BCUT2D eigenvalue weighted by atomic mass is 10.1. The third kappa shape index (κ3) is 4.36. The van der Waals surface area contributed by atoms with Crippen LogP contribution in [0.15, 0.2) is 53.7 Å². The average Bonchev–Trinajstić information content (AvgIpc) is 3.43. The van der Waals surface area contributed by atoms with Gasteiger partial charge in [0.1, 0.15) is 0 Å². The van der Waals surface area contributed by atoms with Crippen LogP contribution in [-0.2, 0) is 12.3 Å². The molecule has 3 heterocycles. The molecule has 2 aromatic heterocycles. The third-order valence-corrected chi connectivity index (χ3v) is 6.29. The van der Waals surface area contributed by atoms with E-state index in [9.17, 15) is 4.79 Å². The summed E-state index contributed by atoms with van der Waals surface area (Å²) in [5, 5.41) is 5.18. The SMILES string of the molecule is Cc1cc(C)n2nc(SCc3ccccc3C(=O)N(C)Cc3ccc4c(c3)OCO4)nc2n1. The molecule has 33 heavy (non-hydrogen) atoms. The fourth-order valence-electron chi connectivity index (χ4n) is 3.80. The molecule has 0 radical (unpaired) electrons. The second kappa shape index (κ2) is 8.74. The van der Waals surface area contributed by atoms with Crippen LogP contribution >= 0.6 is 11.8 Å². The van der Waals surface area contributed by atoms with E-state index in [0.29, 0.717) is 34.5 Å². The van der Waals surface area contributed by atoms with Crippen molar-refractivity contribution in [2.24, 2.45) is 0 Å². The largest absolute Gasteiger partial charge is 0.454 e. The van der Waals surface area contributed by atoms with Gasteiger partial charge in [-0.05, 0) is 49.2 Å². The van der Waals surface area contributed by atoms with E-state index in [1.165, 1.54) is 11.8 Å². The number of hydrogen-bond donors (Lipinski definition) is 0. The van der Waals surface area contributed by atoms with Gasteiger partial charge in [0.25, 0.3) is 11.7 Å². The molecular formula is C24H23N5O3S. The summed E-state index contributed by atoms with van der Waals surface area (Å²) in [5.41, 5.74) is 4.48. The van der Waals surface area contributed by atoms with Crippen LogP contribution in [0.1, 0.15) is 32.9 Å². The smallest absolute Gasteiger partial charge is 0.254 e. The lowest BCUT2D eigenvalue weighted by Gasteiger charge is -2.19. The number of hydrogen-bond acceptors (Lipinski definition) is 7. The molecule has 0 unspecified atom stereocenters. The van der Waals surface area contributed by atoms with Crippen LogP contribution < -0.4 is 9.47 Å². The number of fused-ring (bicyclic) bond motifs is 2. The van der Waals surface area contributed by atoms with Gasteiger partial charge < -0.3 is 14.4 Å². The molecular weight excluding hydrogens is 438 g/mol. The van der Waals surface area contributed by atoms with Crippen molar-refractivity contribution in [1.29, 1.82) is 0 Å². The summed E-state index contributed by atoms with van der Waals surface area (Å²) in [6, 6.07) is 15.4. The molecule has 0 N–H and O–H groups in total. The molecule has 8 nitrogen and oxygen atoms in total. The minimum absolute atomic E-state index is 0.0417. The van der Waals surface area contributed by atoms with Gasteiger partial charge in [0.15, 0.2) is 11.5 Å². The topological polar surface area (TPSA) is 81.9 Å². The van der Waals surface area contributed by atoms with Crippen molar-refractivity contribution in [2.45, 2.75) is 31.3 Å². The standard InChI is InChI=1S/C24H23N5O3S/c1-15-10-16(2)29-23(25-15)26-24(27-29)33-13-18-6-4-5-7-19(18)22(30)28(3)12-17-8-9-20-21(11-17)32-14-31-20/h4-11H,12-14H2,1-3H3. The summed E-state index contributed by atoms with van der Waals surface area (Å²) in [7, 11) is 1.80. The van der Waals surface area contributed by atoms with E-state index in [1.807, 2.05) is 62.4 Å². The summed E-state index contributed by atoms with van der Waals surface area (Å²) in [4.78, 5) is 23.9. The third-order valence-electron chi connectivity index (χ3n) is 5.41. The van der Waals surface area contributed by atoms with Gasteiger partial charge in [-0.3, -0.25) is 4.79 Å². The summed E-state index contributed by atoms with van der Waals surface area (Å²) in [6.45, 7) is 4.62. The fourth-order valence-corrected chi connectivity index (χ4v) is 4.62. The predicted octanol–water partition coefficient (Wildman–Crippen LogP) is 4.03. The van der Waals surface area contributed by atoms with Crippen LogP contribution in [0, 0.1) is 13.8 Å². The second-order valence-electron chi connectivity index (χ2n) is 7.94. The Morgan fingerprint density at radius 2 is 1.91 bits per heavy atom. The molecule has 0 bridgehead atoms. The maximum atomic E-state index is 13.3. The predicted molar refractivity (Wildman–Crippen MR) is 125 cm³/mol. The number of aryl methyl sites for hydroxylation is 2. The quantitative estimate of drug-likeness (QED) is 0.401. The van der Waals surface area contributed by atoms with Gasteiger partial charge in [0, 0.05) is 36.3 Å². The van der Waals surface area contributed by atoms with E-state index in [-0.39, 0.29) is 12.7 Å². The van der Waals surface area contributed by atoms with E-state index in [0.717, 1.165) is 28.3 Å². The highest BCUT2D eigenvalue weighted by Crippen LogP contribution is 2.33. The molecule has 5 rings (SSSR count). The highest BCUT2D eigenvalue weighted by Gasteiger charge is 2.19. The number of carbonyl (C=O) groups excluding carboxylic acids is 1. The number of rotatable bonds is 6. The second-order valence-corrected chi connectivity index (χ2v) is 8.88. The molecule has 1 aliphatic heterocycles. The van der Waals surface area contributed by atoms with Gasteiger partial charge in [0.2, 0.25) is 11.9 Å². The first kappa shape index (κ1) is 21.3. The maximum absolute atomic E-state index is 13.3. The molecule has 168 valence electrons. The summed E-state index contributed by atoms with van der Waals surface area (Å²) in [5.74, 6) is 2.57. The molecule has 0 fully saturated rings. The lowest BCUT2D eigenvalue weighted by molar-refractivity contribution is 0.0784. The average molecular weight is 462 g/mol. The van der Waals surface area contributed by atoms with Crippen molar-refractivity contribution in [3.8, 4) is 11.5 Å². The Balaban J connectivity index is 1.31. The Kier molecular flexibility index (Phi) is 5.63. The van der Waals surface area contributed by atoms with Gasteiger partial charge in [-0.1, -0.05) is 36.0 Å². The number of carbonyl (C=O) groups is 1. The molecule has 2 aromatic carbocycles. The van der Waals surface area contributed by atoms with Crippen molar-refractivity contribution in [2.75, 3.05) is 13.8 Å². The Hall–Kier alpha value is -3.59. The van der Waals surface area contributed by atoms with Gasteiger partial charge >= 0.3 is 0 Å². The maximum Gasteiger partial charge on any atom is 0.254 e. The zero-order valence-electron chi connectivity index (χ0n) is 18.6. The molecule has 1 amide bonds. The van der Waals surface area contributed by atoms with Crippen molar-refractivity contribution in [3.63, 3.8) is 0 Å². The highest BCUT2D eigenvalue weighted by atomic mass is 32.2. The lowest BCUT2D eigenvalue weighted by Crippen LogP contribution is -2.27. The number of ether oxygens (including phenoxy) is 2. The number of benzene rings is 2. The highest BCUT2D eigenvalue weighted by molar-refractivity contribution is 7.98. The van der Waals surface area contributed by atoms with E-state index in [4.69, 9.17) is 9.47 Å². The van der Waals surface area contributed by atoms with Crippen LogP contribution in [0.2, 0.25) is 0 Å². The number of aromatic nitrogens is 4. The fraction of sp³-hybridized carbons (Fsp3) is 0.250. The Morgan fingerprint density at radius 1 is 1.09 bits per heavy atom. The summed E-state index contributed by atoms with van der Waals surface area (Å²) < 4.78 is 12.6. The Labute approximate surface area is 195 Å². The monoisotopic (exact) mass is 461 g/mol. The Morgan fingerprint density at radius 3 is 2.79 bits per heavy atom. The van der Waals surface area contributed by atoms with Crippen LogP contribution in [0.4, 0.5) is 0 Å². The van der Waals surface area contributed by atoms with Crippen LogP contribution in [-0.4, -0.2) is 44.2 Å². The molecule has 0 spiro atoms. The minimum atomic E-state index is -0.0417. The minimum Gasteiger partial charge on any atom is -0.454 e. The molecule has 4 aromatic rings. The summed E-state index contributed by atoms with van der Waals surface area (Å²) >= 11 is 1.49. The normalized spacial score (nSPS) is 12.3. The first-order valence-electron chi connectivity index (χ1n) is 10.5. The first-order valence-corrected chi connectivity index (χ1v) is 11.5. The van der Waals surface area contributed by atoms with E-state index < -0.39 is 0 Å². The zero-order valence-corrected chi connectivity index (χ0v) is 19.4. The molecule has 9 heteroatoms.